The molecule has 1 aromatic heterocycles. The third-order valence-corrected chi connectivity index (χ3v) is 19.4. The average Bonchev–Trinajstić information content (AvgIpc) is 1.73. The number of carbonyl (C=O) groups excluding carboxylic acids is 2. The zero-order valence-corrected chi connectivity index (χ0v) is 60.8. The number of aliphatic hydroxyl groups is 2. The molecule has 95 heavy (non-hydrogen) atoms. The van der Waals surface area contributed by atoms with E-state index in [2.05, 4.69) is 31.1 Å². The number of H-pyrrole nitrogens is 1. The van der Waals surface area contributed by atoms with E-state index in [0.29, 0.717) is 42.6 Å². The number of aryl methyl sites for hydroxylation is 1. The fraction of sp³-hybridized carbons (Fsp3) is 0.778. The van der Waals surface area contributed by atoms with Gasteiger partial charge in [-0.25, -0.2) is 4.79 Å². The third kappa shape index (κ3) is 36.7. The van der Waals surface area contributed by atoms with Gasteiger partial charge in [-0.1, -0.05) is 340 Å². The van der Waals surface area contributed by atoms with E-state index in [-0.39, 0.29) is 12.0 Å². The number of nitrogens with one attached hydrogen (secondary N) is 2. The number of hydrogen-bond donors (Lipinski definition) is 4. The van der Waals surface area contributed by atoms with Crippen molar-refractivity contribution in [1.82, 2.24) is 14.9 Å². The van der Waals surface area contributed by atoms with Gasteiger partial charge in [0.1, 0.15) is 12.3 Å². The number of carbonyl (C=O) groups is 2. The van der Waals surface area contributed by atoms with Crippen molar-refractivity contribution in [3.05, 3.63) is 86.2 Å². The van der Waals surface area contributed by atoms with Gasteiger partial charge in [-0.3, -0.25) is 23.9 Å². The van der Waals surface area contributed by atoms with E-state index in [1.54, 1.807) is 0 Å². The molecule has 0 saturated carbocycles. The van der Waals surface area contributed by atoms with Gasteiger partial charge in [0.2, 0.25) is 17.4 Å². The number of hydrogen-bond acceptors (Lipinski definition) is 11. The standard InChI is InChI=1S/C81H137N3O11/c1-5-8-11-14-17-20-23-26-29-32-35-38-41-44-47-53-62-91-71-59-58-70(76(69-56-51-50-52-57-69)82-73(86)60-61-75(87)95-81(90)65-74(94-72(81)67-85)84-66-68(4)79(88)83-80(84)89)77(92-63-54-48-45-42-39-36-33-30-27-24-21-18-15-12-9-6-2)78(71)93-64-55-49-46-43-40-37-34-31-28-25-22-19-16-13-10-7-3/h50-52,56-59,66,72,74,76,85,90H,5-49,53-55,60-65,67H2,1-4H3,(H,82,86)(H,83,88,89)/t72-,74-,76?,81-/m1/s1. The topological polar surface area (TPSA) is 188 Å². The van der Waals surface area contributed by atoms with Crippen molar-refractivity contribution >= 4 is 11.9 Å². The lowest BCUT2D eigenvalue weighted by atomic mass is 9.96. The molecule has 1 aliphatic heterocycles. The second kappa shape index (κ2) is 54.3. The maximum atomic E-state index is 14.3. The van der Waals surface area contributed by atoms with Crippen molar-refractivity contribution < 1.29 is 43.5 Å². The molecule has 0 spiro atoms. The van der Waals surface area contributed by atoms with Gasteiger partial charge >= 0.3 is 11.7 Å². The van der Waals surface area contributed by atoms with Crippen LogP contribution in [0.1, 0.15) is 377 Å². The molecule has 4 rings (SSSR count). The Morgan fingerprint density at radius 2 is 0.905 bits per heavy atom. The maximum Gasteiger partial charge on any atom is 0.330 e. The minimum atomic E-state index is -2.32. The molecule has 542 valence electrons. The van der Waals surface area contributed by atoms with Crippen LogP contribution in [0.25, 0.3) is 0 Å². The molecule has 14 heteroatoms. The fourth-order valence-electron chi connectivity index (χ4n) is 13.3. The van der Waals surface area contributed by atoms with E-state index in [1.807, 2.05) is 42.5 Å². The molecule has 1 amide bonds. The molecule has 0 bridgehead atoms. The van der Waals surface area contributed by atoms with Crippen molar-refractivity contribution in [3.63, 3.8) is 0 Å². The minimum absolute atomic E-state index is 0.231. The van der Waals surface area contributed by atoms with Gasteiger partial charge in [-0.15, -0.1) is 0 Å². The van der Waals surface area contributed by atoms with Gasteiger partial charge in [-0.2, -0.15) is 0 Å². The molecule has 14 nitrogen and oxygen atoms in total. The largest absolute Gasteiger partial charge is 0.490 e. The number of rotatable bonds is 63. The van der Waals surface area contributed by atoms with Gasteiger partial charge in [0.05, 0.1) is 45.3 Å². The molecule has 1 saturated heterocycles. The zero-order valence-electron chi connectivity index (χ0n) is 60.8. The van der Waals surface area contributed by atoms with Crippen LogP contribution in [0, 0.1) is 6.92 Å². The van der Waals surface area contributed by atoms with E-state index in [9.17, 15) is 29.4 Å². The fourth-order valence-corrected chi connectivity index (χ4v) is 13.3. The van der Waals surface area contributed by atoms with Crippen LogP contribution in [-0.2, 0) is 19.1 Å². The Balaban J connectivity index is 1.45. The molecule has 3 aromatic rings. The highest BCUT2D eigenvalue weighted by molar-refractivity contribution is 5.82. The smallest absolute Gasteiger partial charge is 0.330 e. The number of amides is 1. The Morgan fingerprint density at radius 1 is 0.526 bits per heavy atom. The Labute approximate surface area is 576 Å². The second-order valence-electron chi connectivity index (χ2n) is 27.9. The monoisotopic (exact) mass is 1330 g/mol. The van der Waals surface area contributed by atoms with Crippen molar-refractivity contribution in [2.24, 2.45) is 0 Å². The number of nitrogens with zero attached hydrogens (tertiary/aromatic N) is 1. The van der Waals surface area contributed by atoms with Crippen molar-refractivity contribution in [1.29, 1.82) is 0 Å². The highest BCUT2D eigenvalue weighted by Crippen LogP contribution is 2.45. The first-order valence-corrected chi connectivity index (χ1v) is 39.5. The molecule has 4 atom stereocenters. The summed E-state index contributed by atoms with van der Waals surface area (Å²) < 4.78 is 33.0. The van der Waals surface area contributed by atoms with Crippen LogP contribution in [0.2, 0.25) is 0 Å². The van der Waals surface area contributed by atoms with E-state index >= 15 is 0 Å². The van der Waals surface area contributed by atoms with Crippen LogP contribution in [0.4, 0.5) is 0 Å². The minimum Gasteiger partial charge on any atom is -0.490 e. The van der Waals surface area contributed by atoms with Gasteiger partial charge in [0.15, 0.2) is 11.5 Å². The van der Waals surface area contributed by atoms with Crippen molar-refractivity contribution in [2.45, 2.75) is 379 Å². The molecule has 0 aliphatic carbocycles. The first-order chi connectivity index (χ1) is 46.5. The molecule has 0 radical (unpaired) electrons. The summed E-state index contributed by atoms with van der Waals surface area (Å²) in [5, 5.41) is 25.0. The van der Waals surface area contributed by atoms with Crippen molar-refractivity contribution in [2.75, 3.05) is 26.4 Å². The van der Waals surface area contributed by atoms with Crippen LogP contribution >= 0.6 is 0 Å². The van der Waals surface area contributed by atoms with Crippen LogP contribution in [-0.4, -0.2) is 70.0 Å². The number of aromatic nitrogens is 2. The van der Waals surface area contributed by atoms with Crippen LogP contribution in [0.5, 0.6) is 17.2 Å². The molecule has 1 unspecified atom stereocenters. The highest BCUT2D eigenvalue weighted by Gasteiger charge is 2.51. The maximum absolute atomic E-state index is 14.3. The summed E-state index contributed by atoms with van der Waals surface area (Å²) in [7, 11) is 0. The van der Waals surface area contributed by atoms with Crippen LogP contribution in [0.3, 0.4) is 0 Å². The van der Waals surface area contributed by atoms with Crippen molar-refractivity contribution in [3.8, 4) is 17.2 Å². The third-order valence-electron chi connectivity index (χ3n) is 19.4. The molecule has 1 fully saturated rings. The Bertz CT molecular complexity index is 2500. The highest BCUT2D eigenvalue weighted by atomic mass is 16.7. The number of aliphatic hydroxyl groups excluding tert-OH is 1. The molecular weight excluding hydrogens is 1190 g/mol. The number of benzene rings is 2. The number of unbranched alkanes of at least 4 members (excludes halogenated alkanes) is 45. The first kappa shape index (κ1) is 82.8. The molecular formula is C81H137N3O11. The molecule has 4 N–H and O–H groups in total. The summed E-state index contributed by atoms with van der Waals surface area (Å²) in [5.41, 5.74) is 0.404. The normalized spacial score (nSPS) is 15.7. The quantitative estimate of drug-likeness (QED) is 0.0239. The predicted octanol–water partition coefficient (Wildman–Crippen LogP) is 21.0. The number of esters is 1. The average molecular weight is 1330 g/mol. The van der Waals surface area contributed by atoms with E-state index in [0.717, 1.165) is 61.5 Å². The van der Waals surface area contributed by atoms with Gasteiger partial charge < -0.3 is 39.2 Å². The number of ether oxygens (including phenoxy) is 5. The summed E-state index contributed by atoms with van der Waals surface area (Å²) in [6, 6.07) is 13.0. The summed E-state index contributed by atoms with van der Waals surface area (Å²) in [5.74, 6) is -1.93. The summed E-state index contributed by atoms with van der Waals surface area (Å²) >= 11 is 0. The lowest BCUT2D eigenvalue weighted by Gasteiger charge is -2.27. The van der Waals surface area contributed by atoms with Crippen LogP contribution in [0.15, 0.2) is 58.3 Å². The SMILES string of the molecule is CCCCCCCCCCCCCCCCCCOc1ccc(C(NC(=O)CCC(=O)O[C@]2(O)C[C@H](n3cc(C)c(=O)[nH]c3=O)O[C@@H]2CO)c2ccccc2)c(OCCCCCCCCCCCCCCCCCC)c1OCCCCCCCCCCCCCCCCCC. The van der Waals surface area contributed by atoms with E-state index in [4.69, 9.17) is 23.7 Å². The second-order valence-corrected chi connectivity index (χ2v) is 27.9. The van der Waals surface area contributed by atoms with Crippen LogP contribution < -0.4 is 30.8 Å². The Kier molecular flexibility index (Phi) is 47.3. The van der Waals surface area contributed by atoms with Gasteiger partial charge in [0.25, 0.3) is 5.56 Å². The molecule has 2 aromatic carbocycles. The lowest BCUT2D eigenvalue weighted by Crippen LogP contribution is -2.45. The molecule has 2 heterocycles. The van der Waals surface area contributed by atoms with E-state index < -0.39 is 66.7 Å². The van der Waals surface area contributed by atoms with E-state index in [1.165, 1.54) is 270 Å². The summed E-state index contributed by atoms with van der Waals surface area (Å²) in [6.07, 6.45) is 59.4. The Hall–Kier alpha value is -4.66. The first-order valence-electron chi connectivity index (χ1n) is 39.5. The Morgan fingerprint density at radius 3 is 1.31 bits per heavy atom. The predicted molar refractivity (Wildman–Crippen MR) is 390 cm³/mol. The zero-order chi connectivity index (χ0) is 68.1. The van der Waals surface area contributed by atoms with Gasteiger partial charge in [-0.05, 0) is 43.9 Å². The lowest BCUT2D eigenvalue weighted by molar-refractivity contribution is -0.231. The number of aromatic amines is 1. The summed E-state index contributed by atoms with van der Waals surface area (Å²) in [4.78, 5) is 54.9. The van der Waals surface area contributed by atoms with Gasteiger partial charge in [0, 0.05) is 23.7 Å². The summed E-state index contributed by atoms with van der Waals surface area (Å²) in [6.45, 7) is 9.14. The molecule has 1 aliphatic rings.